The number of amides is 2. The van der Waals surface area contributed by atoms with Gasteiger partial charge in [0.05, 0.1) is 17.6 Å². The van der Waals surface area contributed by atoms with Crippen LogP contribution < -0.4 is 5.32 Å². The molecule has 0 fully saturated rings. The quantitative estimate of drug-likeness (QED) is 0.482. The van der Waals surface area contributed by atoms with E-state index >= 15 is 0 Å². The molecular weight excluding hydrogens is 400 g/mol. The van der Waals surface area contributed by atoms with E-state index in [2.05, 4.69) is 16.8 Å². The van der Waals surface area contributed by atoms with E-state index in [1.165, 1.54) is 0 Å². The highest BCUT2D eigenvalue weighted by atomic mass is 16.2. The van der Waals surface area contributed by atoms with Crippen molar-refractivity contribution < 1.29 is 9.59 Å². The predicted molar refractivity (Wildman–Crippen MR) is 125 cm³/mol. The van der Waals surface area contributed by atoms with E-state index in [4.69, 9.17) is 4.98 Å². The van der Waals surface area contributed by atoms with Gasteiger partial charge in [0.15, 0.2) is 0 Å². The van der Waals surface area contributed by atoms with Crippen LogP contribution in [0.25, 0.3) is 11.0 Å². The number of carbonyl (C=O) groups is 2. The van der Waals surface area contributed by atoms with Crippen LogP contribution in [-0.4, -0.2) is 33.3 Å². The molecule has 0 saturated carbocycles. The number of carbonyl (C=O) groups excluding carboxylic acids is 2. The maximum absolute atomic E-state index is 13.5. The van der Waals surface area contributed by atoms with E-state index in [0.717, 1.165) is 29.0 Å². The smallest absolute Gasteiger partial charge is 0.252 e. The van der Waals surface area contributed by atoms with Crippen molar-refractivity contribution >= 4 is 22.8 Å². The number of hydrogen-bond donors (Lipinski definition) is 1. The summed E-state index contributed by atoms with van der Waals surface area (Å²) in [5.41, 5.74) is 3.19. The Labute approximate surface area is 187 Å². The average Bonchev–Trinajstić information content (AvgIpc) is 3.19. The Morgan fingerprint density at radius 2 is 1.56 bits per heavy atom. The Kier molecular flexibility index (Phi) is 6.31. The van der Waals surface area contributed by atoms with Crippen LogP contribution in [0.2, 0.25) is 0 Å². The summed E-state index contributed by atoms with van der Waals surface area (Å²) in [6, 6.07) is 25.4. The molecule has 0 radical (unpaired) electrons. The second-order valence-corrected chi connectivity index (χ2v) is 7.64. The lowest BCUT2D eigenvalue weighted by Crippen LogP contribution is -2.41. The summed E-state index contributed by atoms with van der Waals surface area (Å²) >= 11 is 0. The van der Waals surface area contributed by atoms with Crippen molar-refractivity contribution in [3.8, 4) is 0 Å². The minimum Gasteiger partial charge on any atom is -0.336 e. The molecule has 3 aromatic carbocycles. The normalized spacial score (nSPS) is 11.8. The lowest BCUT2D eigenvalue weighted by molar-refractivity contribution is -0.132. The number of likely N-dealkylation sites (N-methyl/N-ethyl adjacent to an activating group) is 1. The zero-order chi connectivity index (χ0) is 22.5. The molecule has 6 nitrogen and oxygen atoms in total. The lowest BCUT2D eigenvalue weighted by atomic mass is 10.0. The number of fused-ring (bicyclic) bond motifs is 1. The third kappa shape index (κ3) is 4.39. The standard InChI is InChI=1S/C26H26N4O2/c1-3-30-22-17-11-10-16-21(22)27-23(30)18-29(2)26(32)24(19-12-6-4-7-13-19)28-25(31)20-14-8-5-9-15-20/h4-17,24H,3,18H2,1-2H3,(H,28,31). The number of nitrogens with zero attached hydrogens (tertiary/aromatic N) is 3. The highest BCUT2D eigenvalue weighted by molar-refractivity contribution is 5.97. The monoisotopic (exact) mass is 426 g/mol. The van der Waals surface area contributed by atoms with Crippen LogP contribution in [0, 0.1) is 0 Å². The van der Waals surface area contributed by atoms with Crippen LogP contribution in [0.3, 0.4) is 0 Å². The van der Waals surface area contributed by atoms with E-state index in [-0.39, 0.29) is 11.8 Å². The fourth-order valence-electron chi connectivity index (χ4n) is 3.85. The molecule has 1 N–H and O–H groups in total. The van der Waals surface area contributed by atoms with Crippen molar-refractivity contribution in [2.75, 3.05) is 7.05 Å². The first-order valence-corrected chi connectivity index (χ1v) is 10.7. The SMILES string of the molecule is CCn1c(CN(C)C(=O)C(NC(=O)c2ccccc2)c2ccccc2)nc2ccccc21. The Balaban J connectivity index is 1.60. The minimum absolute atomic E-state index is 0.199. The van der Waals surface area contributed by atoms with Crippen LogP contribution in [0.15, 0.2) is 84.9 Å². The highest BCUT2D eigenvalue weighted by Gasteiger charge is 2.27. The lowest BCUT2D eigenvalue weighted by Gasteiger charge is -2.25. The van der Waals surface area contributed by atoms with Gasteiger partial charge in [0.2, 0.25) is 5.91 Å². The summed E-state index contributed by atoms with van der Waals surface area (Å²) < 4.78 is 2.11. The van der Waals surface area contributed by atoms with Gasteiger partial charge in [-0.3, -0.25) is 9.59 Å². The molecule has 32 heavy (non-hydrogen) atoms. The van der Waals surface area contributed by atoms with Gasteiger partial charge >= 0.3 is 0 Å². The molecule has 0 aliphatic rings. The van der Waals surface area contributed by atoms with Gasteiger partial charge in [-0.05, 0) is 36.8 Å². The maximum Gasteiger partial charge on any atom is 0.252 e. The first-order chi connectivity index (χ1) is 15.6. The zero-order valence-corrected chi connectivity index (χ0v) is 18.2. The third-order valence-corrected chi connectivity index (χ3v) is 5.50. The molecule has 2 amide bonds. The number of hydrogen-bond acceptors (Lipinski definition) is 3. The van der Waals surface area contributed by atoms with E-state index in [9.17, 15) is 9.59 Å². The largest absolute Gasteiger partial charge is 0.336 e. The van der Waals surface area contributed by atoms with Gasteiger partial charge in [0, 0.05) is 19.2 Å². The topological polar surface area (TPSA) is 67.2 Å². The van der Waals surface area contributed by atoms with Crippen molar-refractivity contribution in [2.45, 2.75) is 26.1 Å². The second kappa shape index (κ2) is 9.47. The highest BCUT2D eigenvalue weighted by Crippen LogP contribution is 2.20. The van der Waals surface area contributed by atoms with E-state index in [1.807, 2.05) is 60.7 Å². The fraction of sp³-hybridized carbons (Fsp3) is 0.192. The fourth-order valence-corrected chi connectivity index (χ4v) is 3.85. The number of aromatic nitrogens is 2. The molecule has 0 aliphatic carbocycles. The van der Waals surface area contributed by atoms with Gasteiger partial charge in [0.25, 0.3) is 5.91 Å². The van der Waals surface area contributed by atoms with Crippen LogP contribution >= 0.6 is 0 Å². The Bertz CT molecular complexity index is 1220. The van der Waals surface area contributed by atoms with Gasteiger partial charge in [-0.25, -0.2) is 4.98 Å². The third-order valence-electron chi connectivity index (χ3n) is 5.50. The summed E-state index contributed by atoms with van der Waals surface area (Å²) in [5, 5.41) is 2.91. The number of benzene rings is 3. The van der Waals surface area contributed by atoms with Crippen molar-refractivity contribution in [1.82, 2.24) is 19.8 Å². The number of imidazole rings is 1. The molecule has 162 valence electrons. The maximum atomic E-state index is 13.5. The molecular formula is C26H26N4O2. The van der Waals surface area contributed by atoms with Gasteiger partial charge in [0.1, 0.15) is 11.9 Å². The number of rotatable bonds is 7. The Morgan fingerprint density at radius 1 is 0.938 bits per heavy atom. The number of nitrogens with one attached hydrogen (secondary N) is 1. The molecule has 0 bridgehead atoms. The second-order valence-electron chi connectivity index (χ2n) is 7.64. The van der Waals surface area contributed by atoms with Gasteiger partial charge in [-0.1, -0.05) is 60.7 Å². The van der Waals surface area contributed by atoms with Crippen LogP contribution in [0.5, 0.6) is 0 Å². The Hall–Kier alpha value is -3.93. The van der Waals surface area contributed by atoms with Gasteiger partial charge < -0.3 is 14.8 Å². The van der Waals surface area contributed by atoms with Crippen molar-refractivity contribution in [2.24, 2.45) is 0 Å². The average molecular weight is 427 g/mol. The van der Waals surface area contributed by atoms with Crippen molar-refractivity contribution in [3.05, 3.63) is 102 Å². The molecule has 0 spiro atoms. The van der Waals surface area contributed by atoms with Crippen LogP contribution in [0.4, 0.5) is 0 Å². The summed E-state index contributed by atoms with van der Waals surface area (Å²) in [4.78, 5) is 32.7. The van der Waals surface area contributed by atoms with Gasteiger partial charge in [-0.15, -0.1) is 0 Å². The summed E-state index contributed by atoms with van der Waals surface area (Å²) in [7, 11) is 1.74. The van der Waals surface area contributed by atoms with Gasteiger partial charge in [-0.2, -0.15) is 0 Å². The molecule has 1 atom stereocenters. The zero-order valence-electron chi connectivity index (χ0n) is 18.2. The minimum atomic E-state index is -0.798. The molecule has 1 aromatic heterocycles. The number of para-hydroxylation sites is 2. The summed E-state index contributed by atoms with van der Waals surface area (Å²) in [5.74, 6) is 0.322. The summed E-state index contributed by atoms with van der Waals surface area (Å²) in [6.45, 7) is 3.16. The van der Waals surface area contributed by atoms with Crippen LogP contribution in [-0.2, 0) is 17.9 Å². The van der Waals surface area contributed by atoms with Crippen LogP contribution in [0.1, 0.15) is 34.7 Å². The van der Waals surface area contributed by atoms with Crippen molar-refractivity contribution in [1.29, 1.82) is 0 Å². The Morgan fingerprint density at radius 3 is 2.25 bits per heavy atom. The molecule has 6 heteroatoms. The molecule has 4 rings (SSSR count). The van der Waals surface area contributed by atoms with E-state index in [0.29, 0.717) is 12.1 Å². The van der Waals surface area contributed by atoms with Crippen molar-refractivity contribution in [3.63, 3.8) is 0 Å². The first kappa shape index (κ1) is 21.3. The molecule has 0 saturated heterocycles. The molecule has 0 aliphatic heterocycles. The predicted octanol–water partition coefficient (Wildman–Crippen LogP) is 4.19. The molecule has 4 aromatic rings. The molecule has 1 heterocycles. The van der Waals surface area contributed by atoms with E-state index in [1.54, 1.807) is 36.2 Å². The molecule has 1 unspecified atom stereocenters. The van der Waals surface area contributed by atoms with E-state index < -0.39 is 6.04 Å². The first-order valence-electron chi connectivity index (χ1n) is 10.7. The summed E-state index contributed by atoms with van der Waals surface area (Å²) in [6.07, 6.45) is 0. The number of aryl methyl sites for hydroxylation is 1.